The Labute approximate surface area is 97.2 Å². The Bertz CT molecular complexity index is 382. The molecule has 1 aromatic rings. The van der Waals surface area contributed by atoms with Crippen LogP contribution in [0.4, 0.5) is 5.69 Å². The summed E-state index contributed by atoms with van der Waals surface area (Å²) in [7, 11) is 0. The number of nitrogen functional groups attached to an aromatic ring is 1. The van der Waals surface area contributed by atoms with E-state index >= 15 is 0 Å². The summed E-state index contributed by atoms with van der Waals surface area (Å²) in [5.74, 6) is 0. The van der Waals surface area contributed by atoms with Crippen LogP contribution in [0.25, 0.3) is 0 Å². The molecule has 2 aliphatic rings. The predicted octanol–water partition coefficient (Wildman–Crippen LogP) is 2.79. The average Bonchev–Trinajstić information content (AvgIpc) is 2.23. The van der Waals surface area contributed by atoms with Gasteiger partial charge in [0.25, 0.3) is 0 Å². The largest absolute Gasteiger partial charge is 0.399 e. The van der Waals surface area contributed by atoms with E-state index in [1.54, 1.807) is 0 Å². The molecule has 0 aromatic heterocycles. The van der Waals surface area contributed by atoms with E-state index in [4.69, 9.17) is 5.73 Å². The molecule has 86 valence electrons. The van der Waals surface area contributed by atoms with Gasteiger partial charge in [0.05, 0.1) is 0 Å². The maximum absolute atomic E-state index is 5.85. The number of anilines is 1. The maximum Gasteiger partial charge on any atom is 0.0325 e. The van der Waals surface area contributed by atoms with Crippen molar-refractivity contribution in [3.8, 4) is 0 Å². The average molecular weight is 216 g/mol. The van der Waals surface area contributed by atoms with Gasteiger partial charge in [-0.2, -0.15) is 0 Å². The van der Waals surface area contributed by atoms with Crippen molar-refractivity contribution in [1.82, 2.24) is 5.32 Å². The molecular weight excluding hydrogens is 196 g/mol. The minimum Gasteiger partial charge on any atom is -0.399 e. The molecule has 1 aromatic carbocycles. The first-order chi connectivity index (χ1) is 7.83. The van der Waals surface area contributed by atoms with Gasteiger partial charge in [0.15, 0.2) is 0 Å². The Morgan fingerprint density at radius 3 is 2.75 bits per heavy atom. The van der Waals surface area contributed by atoms with Crippen LogP contribution in [0.1, 0.15) is 49.3 Å². The second-order valence-electron chi connectivity index (χ2n) is 5.20. The highest BCUT2D eigenvalue weighted by Crippen LogP contribution is 2.33. The molecule has 0 bridgehead atoms. The minimum atomic E-state index is 0.578. The molecule has 0 saturated heterocycles. The van der Waals surface area contributed by atoms with Gasteiger partial charge < -0.3 is 11.1 Å². The molecular formula is C14H20N2. The number of rotatable bonds is 2. The molecule has 0 amide bonds. The number of benzene rings is 1. The number of nitrogens with two attached hydrogens (primary N) is 1. The van der Waals surface area contributed by atoms with Gasteiger partial charge >= 0.3 is 0 Å². The van der Waals surface area contributed by atoms with Crippen LogP contribution in [0.3, 0.4) is 0 Å². The third-order valence-corrected chi connectivity index (χ3v) is 4.02. The highest BCUT2D eigenvalue weighted by atomic mass is 15.0. The first kappa shape index (κ1) is 10.2. The molecule has 1 unspecified atom stereocenters. The molecule has 0 heterocycles. The maximum atomic E-state index is 5.85. The lowest BCUT2D eigenvalue weighted by Crippen LogP contribution is -2.39. The molecule has 0 radical (unpaired) electrons. The van der Waals surface area contributed by atoms with E-state index in [0.29, 0.717) is 6.04 Å². The number of fused-ring (bicyclic) bond motifs is 1. The molecule has 3 N–H and O–H groups in total. The molecule has 2 heteroatoms. The first-order valence-electron chi connectivity index (χ1n) is 6.47. The fourth-order valence-corrected chi connectivity index (χ4v) is 2.87. The quantitative estimate of drug-likeness (QED) is 0.746. The van der Waals surface area contributed by atoms with E-state index in [1.807, 2.05) is 6.07 Å². The van der Waals surface area contributed by atoms with E-state index in [0.717, 1.165) is 11.7 Å². The van der Waals surface area contributed by atoms with Crippen molar-refractivity contribution in [3.05, 3.63) is 29.3 Å². The second kappa shape index (κ2) is 4.10. The number of aryl methyl sites for hydroxylation is 1. The van der Waals surface area contributed by atoms with Crippen molar-refractivity contribution in [3.63, 3.8) is 0 Å². The van der Waals surface area contributed by atoms with Crippen molar-refractivity contribution in [1.29, 1.82) is 0 Å². The van der Waals surface area contributed by atoms with Crippen molar-refractivity contribution in [2.24, 2.45) is 0 Å². The SMILES string of the molecule is Nc1ccc2c(c1)CCCC2NC1CCC1. The Morgan fingerprint density at radius 2 is 2.00 bits per heavy atom. The molecule has 2 aliphatic carbocycles. The Morgan fingerprint density at radius 1 is 1.12 bits per heavy atom. The zero-order valence-corrected chi connectivity index (χ0v) is 9.71. The lowest BCUT2D eigenvalue weighted by atomic mass is 9.85. The van der Waals surface area contributed by atoms with Crippen molar-refractivity contribution in [2.45, 2.75) is 50.6 Å². The fraction of sp³-hybridized carbons (Fsp3) is 0.571. The molecule has 0 aliphatic heterocycles. The zero-order chi connectivity index (χ0) is 11.0. The van der Waals surface area contributed by atoms with Crippen molar-refractivity contribution < 1.29 is 0 Å². The Balaban J connectivity index is 1.81. The van der Waals surface area contributed by atoms with E-state index in [-0.39, 0.29) is 0 Å². The molecule has 0 spiro atoms. The highest BCUT2D eigenvalue weighted by molar-refractivity contribution is 5.46. The van der Waals surface area contributed by atoms with Gasteiger partial charge in [-0.25, -0.2) is 0 Å². The summed E-state index contributed by atoms with van der Waals surface area (Å²) in [6.07, 6.45) is 7.90. The number of nitrogens with one attached hydrogen (secondary N) is 1. The molecule has 16 heavy (non-hydrogen) atoms. The van der Waals surface area contributed by atoms with Crippen LogP contribution in [0.15, 0.2) is 18.2 Å². The van der Waals surface area contributed by atoms with E-state index in [2.05, 4.69) is 17.4 Å². The first-order valence-corrected chi connectivity index (χ1v) is 6.47. The van der Waals surface area contributed by atoms with Gasteiger partial charge in [0, 0.05) is 17.8 Å². The summed E-state index contributed by atoms with van der Waals surface area (Å²) >= 11 is 0. The number of hydrogen-bond donors (Lipinski definition) is 2. The smallest absolute Gasteiger partial charge is 0.0325 e. The minimum absolute atomic E-state index is 0.578. The van der Waals surface area contributed by atoms with Crippen LogP contribution >= 0.6 is 0 Å². The van der Waals surface area contributed by atoms with Gasteiger partial charge in [-0.3, -0.25) is 0 Å². The van der Waals surface area contributed by atoms with Crippen LogP contribution in [0, 0.1) is 0 Å². The van der Waals surface area contributed by atoms with Gasteiger partial charge in [-0.05, 0) is 55.4 Å². The lowest BCUT2D eigenvalue weighted by Gasteiger charge is -2.34. The molecule has 1 atom stereocenters. The zero-order valence-electron chi connectivity index (χ0n) is 9.71. The van der Waals surface area contributed by atoms with Gasteiger partial charge in [-0.15, -0.1) is 0 Å². The molecule has 3 rings (SSSR count). The fourth-order valence-electron chi connectivity index (χ4n) is 2.87. The Kier molecular flexibility index (Phi) is 2.60. The lowest BCUT2D eigenvalue weighted by molar-refractivity contribution is 0.290. The van der Waals surface area contributed by atoms with Crippen LogP contribution in [0.5, 0.6) is 0 Å². The normalized spacial score (nSPS) is 24.9. The van der Waals surface area contributed by atoms with Crippen LogP contribution < -0.4 is 11.1 Å². The topological polar surface area (TPSA) is 38.0 Å². The van der Waals surface area contributed by atoms with Gasteiger partial charge in [-0.1, -0.05) is 12.5 Å². The van der Waals surface area contributed by atoms with Crippen LogP contribution in [-0.2, 0) is 6.42 Å². The Hall–Kier alpha value is -1.02. The molecule has 1 fully saturated rings. The van der Waals surface area contributed by atoms with Crippen LogP contribution in [0.2, 0.25) is 0 Å². The number of hydrogen-bond acceptors (Lipinski definition) is 2. The van der Waals surface area contributed by atoms with Crippen LogP contribution in [-0.4, -0.2) is 6.04 Å². The van der Waals surface area contributed by atoms with Gasteiger partial charge in [0.2, 0.25) is 0 Å². The van der Waals surface area contributed by atoms with Crippen molar-refractivity contribution in [2.75, 3.05) is 5.73 Å². The summed E-state index contributed by atoms with van der Waals surface area (Å²) in [5, 5.41) is 3.79. The van der Waals surface area contributed by atoms with E-state index < -0.39 is 0 Å². The standard InChI is InChI=1S/C14H20N2/c15-11-7-8-13-10(9-11)3-1-6-14(13)16-12-4-2-5-12/h7-9,12,14,16H,1-6,15H2. The summed E-state index contributed by atoms with van der Waals surface area (Å²) in [4.78, 5) is 0. The summed E-state index contributed by atoms with van der Waals surface area (Å²) in [6, 6.07) is 7.77. The highest BCUT2D eigenvalue weighted by Gasteiger charge is 2.25. The summed E-state index contributed by atoms with van der Waals surface area (Å²) in [5.41, 5.74) is 9.71. The van der Waals surface area contributed by atoms with Gasteiger partial charge in [0.1, 0.15) is 0 Å². The second-order valence-corrected chi connectivity index (χ2v) is 5.20. The molecule has 1 saturated carbocycles. The monoisotopic (exact) mass is 216 g/mol. The molecule has 2 nitrogen and oxygen atoms in total. The summed E-state index contributed by atoms with van der Waals surface area (Å²) in [6.45, 7) is 0. The third kappa shape index (κ3) is 1.82. The van der Waals surface area contributed by atoms with E-state index in [1.165, 1.54) is 49.7 Å². The van der Waals surface area contributed by atoms with Crippen molar-refractivity contribution >= 4 is 5.69 Å². The van der Waals surface area contributed by atoms with E-state index in [9.17, 15) is 0 Å². The third-order valence-electron chi connectivity index (χ3n) is 4.02. The summed E-state index contributed by atoms with van der Waals surface area (Å²) < 4.78 is 0. The predicted molar refractivity (Wildman–Crippen MR) is 67.3 cm³/mol.